The minimum Gasteiger partial charge on any atom is -0.353 e. The quantitative estimate of drug-likeness (QED) is 0.240. The largest absolute Gasteiger partial charge is 0.353 e. The third-order valence-corrected chi connectivity index (χ3v) is 8.27. The van der Waals surface area contributed by atoms with E-state index >= 15 is 0 Å². The van der Waals surface area contributed by atoms with Crippen molar-refractivity contribution in [3.63, 3.8) is 0 Å². The number of fused-ring (bicyclic) bond motifs is 12. The van der Waals surface area contributed by atoms with Crippen LogP contribution in [-0.2, 0) is 0 Å². The molecule has 2 heterocycles. The minimum atomic E-state index is 1.17. The summed E-state index contributed by atoms with van der Waals surface area (Å²) in [6.07, 6.45) is 0. The summed E-state index contributed by atoms with van der Waals surface area (Å²) in [6.45, 7) is 0. The number of aromatic amines is 1. The monoisotopic (exact) mass is 482 g/mol. The summed E-state index contributed by atoms with van der Waals surface area (Å²) in [5, 5.41) is 12.7. The molecule has 0 aliphatic carbocycles. The predicted molar refractivity (Wildman–Crippen MR) is 163 cm³/mol. The molecule has 9 rings (SSSR count). The molecule has 0 amide bonds. The van der Waals surface area contributed by atoms with Crippen LogP contribution in [0.4, 0.5) is 0 Å². The van der Waals surface area contributed by atoms with Crippen LogP contribution in [0.3, 0.4) is 0 Å². The Bertz CT molecular complexity index is 2400. The van der Waals surface area contributed by atoms with E-state index < -0.39 is 0 Å². The second-order valence-corrected chi connectivity index (χ2v) is 10.3. The summed E-state index contributed by atoms with van der Waals surface area (Å²) in [7, 11) is 0. The number of nitrogens with zero attached hydrogens (tertiary/aromatic N) is 1. The molecule has 0 unspecified atom stereocenters. The van der Waals surface area contributed by atoms with Gasteiger partial charge in [-0.25, -0.2) is 0 Å². The average molecular weight is 483 g/mol. The van der Waals surface area contributed by atoms with Gasteiger partial charge in [0.25, 0.3) is 0 Å². The zero-order valence-electron chi connectivity index (χ0n) is 20.6. The van der Waals surface area contributed by atoms with Crippen molar-refractivity contribution in [2.45, 2.75) is 0 Å². The summed E-state index contributed by atoms with van der Waals surface area (Å²) >= 11 is 0. The van der Waals surface area contributed by atoms with Gasteiger partial charge >= 0.3 is 0 Å². The number of rotatable bonds is 1. The fourth-order valence-corrected chi connectivity index (χ4v) is 6.59. The van der Waals surface area contributed by atoms with Gasteiger partial charge in [-0.2, -0.15) is 0 Å². The van der Waals surface area contributed by atoms with Crippen molar-refractivity contribution >= 4 is 75.9 Å². The highest BCUT2D eigenvalue weighted by molar-refractivity contribution is 6.30. The molecule has 2 heteroatoms. The van der Waals surface area contributed by atoms with Crippen LogP contribution in [0.2, 0.25) is 0 Å². The van der Waals surface area contributed by atoms with Crippen LogP contribution in [-0.4, -0.2) is 9.55 Å². The highest BCUT2D eigenvalue weighted by atomic mass is 15.0. The normalized spacial score (nSPS) is 12.2. The van der Waals surface area contributed by atoms with Gasteiger partial charge in [0.15, 0.2) is 0 Å². The molecule has 7 aromatic carbocycles. The lowest BCUT2D eigenvalue weighted by Gasteiger charge is -2.10. The second-order valence-electron chi connectivity index (χ2n) is 10.3. The van der Waals surface area contributed by atoms with E-state index in [1.54, 1.807) is 0 Å². The zero-order chi connectivity index (χ0) is 24.8. The summed E-state index contributed by atoms with van der Waals surface area (Å²) in [5.74, 6) is 0. The standard InChI is InChI=1S/C36H22N2/c1-2-10-25-21-26(16-13-22(25)7-1)38-32-20-15-24-9-4-6-12-28(24)34(32)30-18-17-29-33-27-11-5-3-8-23(27)14-19-31(33)37-35(29)36(30)38/h1-21,37H. The van der Waals surface area contributed by atoms with Crippen LogP contribution >= 0.6 is 0 Å². The molecule has 0 saturated heterocycles. The van der Waals surface area contributed by atoms with Gasteiger partial charge in [0.1, 0.15) is 0 Å². The summed E-state index contributed by atoms with van der Waals surface area (Å²) in [4.78, 5) is 3.85. The third kappa shape index (κ3) is 2.56. The lowest BCUT2D eigenvalue weighted by atomic mass is 10.0. The molecule has 0 atom stereocenters. The first kappa shape index (κ1) is 20.0. The van der Waals surface area contributed by atoms with Gasteiger partial charge in [0.05, 0.1) is 16.6 Å². The Labute approximate surface area is 218 Å². The van der Waals surface area contributed by atoms with Crippen LogP contribution in [0, 0.1) is 0 Å². The Hall–Kier alpha value is -5.08. The van der Waals surface area contributed by atoms with Crippen molar-refractivity contribution in [3.8, 4) is 5.69 Å². The molecule has 38 heavy (non-hydrogen) atoms. The minimum absolute atomic E-state index is 1.17. The highest BCUT2D eigenvalue weighted by Crippen LogP contribution is 2.42. The molecule has 0 fully saturated rings. The van der Waals surface area contributed by atoms with Gasteiger partial charge in [-0.3, -0.25) is 0 Å². The van der Waals surface area contributed by atoms with E-state index in [4.69, 9.17) is 0 Å². The summed E-state index contributed by atoms with van der Waals surface area (Å²) < 4.78 is 2.46. The number of benzene rings is 7. The summed E-state index contributed by atoms with van der Waals surface area (Å²) in [6, 6.07) is 46.5. The number of aromatic nitrogens is 2. The van der Waals surface area contributed by atoms with E-state index in [0.29, 0.717) is 0 Å². The van der Waals surface area contributed by atoms with Crippen LogP contribution in [0.5, 0.6) is 0 Å². The molecule has 0 bridgehead atoms. The molecule has 0 radical (unpaired) electrons. The van der Waals surface area contributed by atoms with Crippen LogP contribution in [0.15, 0.2) is 127 Å². The van der Waals surface area contributed by atoms with Gasteiger partial charge in [0, 0.05) is 32.7 Å². The number of hydrogen-bond acceptors (Lipinski definition) is 0. The maximum Gasteiger partial charge on any atom is 0.0783 e. The SMILES string of the molecule is c1ccc2cc(-n3c4ccc5ccccc5c4c4ccc5c([nH]c6ccc7ccccc7c65)c43)ccc2c1. The Morgan fingerprint density at radius 2 is 1.08 bits per heavy atom. The molecule has 0 spiro atoms. The van der Waals surface area contributed by atoms with E-state index in [9.17, 15) is 0 Å². The lowest BCUT2D eigenvalue weighted by molar-refractivity contribution is 1.19. The molecule has 2 aromatic heterocycles. The van der Waals surface area contributed by atoms with Gasteiger partial charge in [-0.15, -0.1) is 0 Å². The first-order valence-corrected chi connectivity index (χ1v) is 13.1. The van der Waals surface area contributed by atoms with Crippen LogP contribution < -0.4 is 0 Å². The van der Waals surface area contributed by atoms with E-state index in [0.717, 1.165) is 0 Å². The van der Waals surface area contributed by atoms with Crippen molar-refractivity contribution in [2.24, 2.45) is 0 Å². The van der Waals surface area contributed by atoms with Crippen molar-refractivity contribution < 1.29 is 0 Å². The van der Waals surface area contributed by atoms with E-state index in [1.807, 2.05) is 0 Å². The zero-order valence-corrected chi connectivity index (χ0v) is 20.6. The molecule has 0 aliphatic rings. The van der Waals surface area contributed by atoms with E-state index in [1.165, 1.54) is 81.6 Å². The first-order valence-electron chi connectivity index (χ1n) is 13.1. The number of nitrogens with one attached hydrogen (secondary N) is 1. The first-order chi connectivity index (χ1) is 18.8. The maximum absolute atomic E-state index is 3.85. The second kappa shape index (κ2) is 7.24. The fourth-order valence-electron chi connectivity index (χ4n) is 6.59. The van der Waals surface area contributed by atoms with Crippen molar-refractivity contribution in [1.29, 1.82) is 0 Å². The van der Waals surface area contributed by atoms with Crippen LogP contribution in [0.1, 0.15) is 0 Å². The number of hydrogen-bond donors (Lipinski definition) is 1. The van der Waals surface area contributed by atoms with E-state index in [2.05, 4.69) is 137 Å². The van der Waals surface area contributed by atoms with Crippen molar-refractivity contribution in [2.75, 3.05) is 0 Å². The molecule has 176 valence electrons. The molecule has 0 aliphatic heterocycles. The molecular weight excluding hydrogens is 460 g/mol. The van der Waals surface area contributed by atoms with E-state index in [-0.39, 0.29) is 0 Å². The topological polar surface area (TPSA) is 20.7 Å². The maximum atomic E-state index is 3.85. The lowest BCUT2D eigenvalue weighted by Crippen LogP contribution is -1.94. The van der Waals surface area contributed by atoms with Gasteiger partial charge < -0.3 is 9.55 Å². The number of H-pyrrole nitrogens is 1. The molecule has 0 saturated carbocycles. The van der Waals surface area contributed by atoms with Crippen LogP contribution in [0.25, 0.3) is 81.6 Å². The molecule has 9 aromatic rings. The molecule has 2 nitrogen and oxygen atoms in total. The Morgan fingerprint density at radius 3 is 1.89 bits per heavy atom. The molecular formula is C36H22N2. The Kier molecular flexibility index (Phi) is 3.82. The third-order valence-electron chi connectivity index (χ3n) is 8.27. The van der Waals surface area contributed by atoms with Gasteiger partial charge in [-0.1, -0.05) is 103 Å². The van der Waals surface area contributed by atoms with Crippen molar-refractivity contribution in [3.05, 3.63) is 127 Å². The van der Waals surface area contributed by atoms with Gasteiger partial charge in [-0.05, 0) is 56.6 Å². The highest BCUT2D eigenvalue weighted by Gasteiger charge is 2.20. The predicted octanol–water partition coefficient (Wildman–Crippen LogP) is 9.88. The van der Waals surface area contributed by atoms with Gasteiger partial charge in [0.2, 0.25) is 0 Å². The Balaban J connectivity index is 1.53. The fraction of sp³-hybridized carbons (Fsp3) is 0. The smallest absolute Gasteiger partial charge is 0.0783 e. The summed E-state index contributed by atoms with van der Waals surface area (Å²) in [5.41, 5.74) is 5.98. The Morgan fingerprint density at radius 1 is 0.447 bits per heavy atom. The molecule has 1 N–H and O–H groups in total. The average Bonchev–Trinajstić information content (AvgIpc) is 3.53. The van der Waals surface area contributed by atoms with Crippen molar-refractivity contribution in [1.82, 2.24) is 9.55 Å².